The second kappa shape index (κ2) is 8.49. The summed E-state index contributed by atoms with van der Waals surface area (Å²) in [6.07, 6.45) is 3.15. The number of benzene rings is 1. The van der Waals surface area contributed by atoms with Gasteiger partial charge in [-0.05, 0) is 50.3 Å². The summed E-state index contributed by atoms with van der Waals surface area (Å²) in [5.74, 6) is 0.0901. The number of halogens is 1. The van der Waals surface area contributed by atoms with Crippen LogP contribution in [-0.2, 0) is 9.53 Å². The normalized spacial score (nSPS) is 28.3. The Labute approximate surface area is 156 Å². The van der Waals surface area contributed by atoms with Gasteiger partial charge in [0, 0.05) is 38.6 Å². The summed E-state index contributed by atoms with van der Waals surface area (Å²) in [6, 6.07) is 6.81. The Kier molecular flexibility index (Phi) is 6.30. The molecule has 2 fully saturated rings. The molecule has 0 spiro atoms. The predicted octanol–water partition coefficient (Wildman–Crippen LogP) is 3.42. The van der Waals surface area contributed by atoms with Gasteiger partial charge in [0.25, 0.3) is 0 Å². The highest BCUT2D eigenvalue weighted by molar-refractivity contribution is 5.77. The summed E-state index contributed by atoms with van der Waals surface area (Å²) < 4.78 is 18.9. The smallest absolute Gasteiger partial charge is 0.223 e. The molecule has 0 saturated carbocycles. The Bertz CT molecular complexity index is 597. The molecule has 2 heterocycles. The van der Waals surface area contributed by atoms with Crippen LogP contribution in [0, 0.1) is 5.82 Å². The van der Waals surface area contributed by atoms with E-state index in [1.165, 1.54) is 12.1 Å². The van der Waals surface area contributed by atoms with Gasteiger partial charge < -0.3 is 9.64 Å². The van der Waals surface area contributed by atoms with E-state index in [9.17, 15) is 9.18 Å². The van der Waals surface area contributed by atoms with Crippen LogP contribution in [0.1, 0.15) is 51.5 Å². The van der Waals surface area contributed by atoms with Gasteiger partial charge in [0.1, 0.15) is 5.82 Å². The van der Waals surface area contributed by atoms with Crippen LogP contribution >= 0.6 is 0 Å². The van der Waals surface area contributed by atoms with Crippen LogP contribution in [0.5, 0.6) is 0 Å². The second-order valence-corrected chi connectivity index (χ2v) is 8.02. The Hall–Kier alpha value is -1.46. The lowest BCUT2D eigenvalue weighted by molar-refractivity contribution is -0.133. The van der Waals surface area contributed by atoms with E-state index in [-0.39, 0.29) is 29.9 Å². The number of amides is 1. The van der Waals surface area contributed by atoms with E-state index in [0.29, 0.717) is 12.5 Å². The van der Waals surface area contributed by atoms with Gasteiger partial charge in [-0.2, -0.15) is 0 Å². The molecule has 0 aliphatic carbocycles. The SMILES string of the molecule is CC1CN(CC2CCCN2C(=O)CC(C)c2ccc(F)cc2)CC(C)O1. The highest BCUT2D eigenvalue weighted by atomic mass is 19.1. The lowest BCUT2D eigenvalue weighted by Gasteiger charge is -2.38. The van der Waals surface area contributed by atoms with Crippen LogP contribution in [-0.4, -0.2) is 60.1 Å². The largest absolute Gasteiger partial charge is 0.373 e. The van der Waals surface area contributed by atoms with Crippen molar-refractivity contribution in [3.8, 4) is 0 Å². The highest BCUT2D eigenvalue weighted by Crippen LogP contribution is 2.25. The number of ether oxygens (including phenoxy) is 1. The summed E-state index contributed by atoms with van der Waals surface area (Å²) in [4.78, 5) is 17.4. The molecular weight excluding hydrogens is 331 g/mol. The molecule has 1 aromatic rings. The number of morpholine rings is 1. The van der Waals surface area contributed by atoms with Gasteiger partial charge in [-0.25, -0.2) is 4.39 Å². The van der Waals surface area contributed by atoms with Crippen molar-refractivity contribution in [1.29, 1.82) is 0 Å². The molecule has 3 rings (SSSR count). The van der Waals surface area contributed by atoms with E-state index in [1.807, 2.05) is 6.92 Å². The average molecular weight is 362 g/mol. The molecule has 1 amide bonds. The summed E-state index contributed by atoms with van der Waals surface area (Å²) in [5, 5.41) is 0. The summed E-state index contributed by atoms with van der Waals surface area (Å²) in [6.45, 7) is 9.95. The second-order valence-electron chi connectivity index (χ2n) is 8.02. The number of hydrogen-bond acceptors (Lipinski definition) is 3. The van der Waals surface area contributed by atoms with Crippen molar-refractivity contribution in [2.24, 2.45) is 0 Å². The van der Waals surface area contributed by atoms with E-state index in [2.05, 4.69) is 23.6 Å². The van der Waals surface area contributed by atoms with Crippen molar-refractivity contribution in [3.63, 3.8) is 0 Å². The minimum atomic E-state index is -0.235. The summed E-state index contributed by atoms with van der Waals surface area (Å²) in [5.41, 5.74) is 1.02. The van der Waals surface area contributed by atoms with E-state index in [1.54, 1.807) is 12.1 Å². The average Bonchev–Trinajstić information content (AvgIpc) is 3.02. The fourth-order valence-electron chi connectivity index (χ4n) is 4.37. The molecule has 5 heteroatoms. The van der Waals surface area contributed by atoms with Crippen LogP contribution in [0.15, 0.2) is 24.3 Å². The lowest BCUT2D eigenvalue weighted by Crippen LogP contribution is -2.51. The third-order valence-corrected chi connectivity index (χ3v) is 5.58. The highest BCUT2D eigenvalue weighted by Gasteiger charge is 2.32. The van der Waals surface area contributed by atoms with E-state index < -0.39 is 0 Å². The number of carbonyl (C=O) groups excluding carboxylic acids is 1. The number of carbonyl (C=O) groups is 1. The van der Waals surface area contributed by atoms with Crippen LogP contribution < -0.4 is 0 Å². The van der Waals surface area contributed by atoms with Crippen molar-refractivity contribution in [1.82, 2.24) is 9.80 Å². The van der Waals surface area contributed by atoms with Crippen molar-refractivity contribution >= 4 is 5.91 Å². The zero-order chi connectivity index (χ0) is 18.7. The zero-order valence-corrected chi connectivity index (χ0v) is 16.2. The Morgan fingerprint density at radius 3 is 2.54 bits per heavy atom. The van der Waals surface area contributed by atoms with Crippen LogP contribution in [0.25, 0.3) is 0 Å². The molecule has 4 atom stereocenters. The number of rotatable bonds is 5. The quantitative estimate of drug-likeness (QED) is 0.805. The molecule has 2 saturated heterocycles. The number of nitrogens with zero attached hydrogens (tertiary/aromatic N) is 2. The van der Waals surface area contributed by atoms with E-state index in [0.717, 1.165) is 44.6 Å². The Morgan fingerprint density at radius 2 is 1.88 bits per heavy atom. The van der Waals surface area contributed by atoms with Crippen molar-refractivity contribution < 1.29 is 13.9 Å². The first kappa shape index (κ1) is 19.3. The maximum absolute atomic E-state index is 13.1. The first-order valence-corrected chi connectivity index (χ1v) is 9.85. The molecule has 144 valence electrons. The van der Waals surface area contributed by atoms with Crippen molar-refractivity contribution in [3.05, 3.63) is 35.6 Å². The minimum Gasteiger partial charge on any atom is -0.373 e. The maximum Gasteiger partial charge on any atom is 0.223 e. The molecule has 26 heavy (non-hydrogen) atoms. The molecule has 4 nitrogen and oxygen atoms in total. The fourth-order valence-corrected chi connectivity index (χ4v) is 4.37. The first-order chi connectivity index (χ1) is 12.4. The van der Waals surface area contributed by atoms with Gasteiger partial charge in [0.2, 0.25) is 5.91 Å². The first-order valence-electron chi connectivity index (χ1n) is 9.85. The van der Waals surface area contributed by atoms with Gasteiger partial charge in [0.15, 0.2) is 0 Å². The number of likely N-dealkylation sites (tertiary alicyclic amines) is 1. The predicted molar refractivity (Wildman–Crippen MR) is 101 cm³/mol. The number of hydrogen-bond donors (Lipinski definition) is 0. The minimum absolute atomic E-state index is 0.104. The van der Waals surface area contributed by atoms with Gasteiger partial charge in [0.05, 0.1) is 12.2 Å². The van der Waals surface area contributed by atoms with Crippen LogP contribution in [0.4, 0.5) is 4.39 Å². The molecule has 1 aromatic carbocycles. The third kappa shape index (κ3) is 4.83. The Morgan fingerprint density at radius 1 is 1.23 bits per heavy atom. The molecule has 0 aromatic heterocycles. The van der Waals surface area contributed by atoms with Gasteiger partial charge >= 0.3 is 0 Å². The molecule has 0 bridgehead atoms. The molecule has 2 aliphatic heterocycles. The summed E-state index contributed by atoms with van der Waals surface area (Å²) in [7, 11) is 0. The van der Waals surface area contributed by atoms with Crippen LogP contribution in [0.2, 0.25) is 0 Å². The van der Waals surface area contributed by atoms with Gasteiger partial charge in [-0.15, -0.1) is 0 Å². The van der Waals surface area contributed by atoms with Gasteiger partial charge in [-0.3, -0.25) is 9.69 Å². The van der Waals surface area contributed by atoms with E-state index in [4.69, 9.17) is 4.74 Å². The Balaban J connectivity index is 1.56. The molecule has 4 unspecified atom stereocenters. The lowest BCUT2D eigenvalue weighted by atomic mass is 9.97. The van der Waals surface area contributed by atoms with Crippen molar-refractivity contribution in [2.45, 2.75) is 64.2 Å². The monoisotopic (exact) mass is 362 g/mol. The van der Waals surface area contributed by atoms with Crippen molar-refractivity contribution in [2.75, 3.05) is 26.2 Å². The molecule has 0 N–H and O–H groups in total. The fraction of sp³-hybridized carbons (Fsp3) is 0.667. The zero-order valence-electron chi connectivity index (χ0n) is 16.2. The topological polar surface area (TPSA) is 32.8 Å². The van der Waals surface area contributed by atoms with Gasteiger partial charge in [-0.1, -0.05) is 19.1 Å². The summed E-state index contributed by atoms with van der Waals surface area (Å²) >= 11 is 0. The maximum atomic E-state index is 13.1. The molecular formula is C21H31FN2O2. The third-order valence-electron chi connectivity index (χ3n) is 5.58. The van der Waals surface area contributed by atoms with Crippen LogP contribution in [0.3, 0.4) is 0 Å². The van der Waals surface area contributed by atoms with E-state index >= 15 is 0 Å². The molecule has 0 radical (unpaired) electrons. The molecule has 2 aliphatic rings. The standard InChI is InChI=1S/C21H31FN2O2/c1-15(18-6-8-19(22)9-7-18)11-21(25)24-10-4-5-20(24)14-23-12-16(2)26-17(3)13-23/h6-9,15-17,20H,4-5,10-14H2,1-3H3.